The van der Waals surface area contributed by atoms with Gasteiger partial charge in [0.05, 0.1) is 0 Å². The van der Waals surface area contributed by atoms with Gasteiger partial charge in [0.15, 0.2) is 0 Å². The second kappa shape index (κ2) is 5.72. The third-order valence-corrected chi connectivity index (χ3v) is 3.97. The maximum atomic E-state index is 5.75. The minimum absolute atomic E-state index is 0.397. The van der Waals surface area contributed by atoms with Gasteiger partial charge in [0, 0.05) is 21.4 Å². The third-order valence-electron chi connectivity index (χ3n) is 2.89. The number of hydrogen-bond donors (Lipinski definition) is 2. The first-order valence-electron chi connectivity index (χ1n) is 5.91. The van der Waals surface area contributed by atoms with Crippen LogP contribution in [0.5, 0.6) is 0 Å². The van der Waals surface area contributed by atoms with Gasteiger partial charge in [0.2, 0.25) is 0 Å². The first kappa shape index (κ1) is 14.0. The highest BCUT2D eigenvalue weighted by molar-refractivity contribution is 9.10. The van der Waals surface area contributed by atoms with E-state index in [9.17, 15) is 0 Å². The topological polar surface area (TPSA) is 38.0 Å². The van der Waals surface area contributed by atoms with Gasteiger partial charge < -0.3 is 11.1 Å². The summed E-state index contributed by atoms with van der Waals surface area (Å²) in [7, 11) is 0. The van der Waals surface area contributed by atoms with Gasteiger partial charge in [-0.15, -0.1) is 0 Å². The van der Waals surface area contributed by atoms with Crippen molar-refractivity contribution in [2.24, 2.45) is 5.73 Å². The molecule has 0 saturated heterocycles. The molecule has 0 bridgehead atoms. The van der Waals surface area contributed by atoms with Crippen LogP contribution in [-0.2, 0) is 0 Å². The molecule has 0 atom stereocenters. The summed E-state index contributed by atoms with van der Waals surface area (Å²) in [5, 5.41) is 3.37. The van der Waals surface area contributed by atoms with Crippen LogP contribution in [0.4, 0.5) is 11.4 Å². The lowest BCUT2D eigenvalue weighted by atomic mass is 10.1. The van der Waals surface area contributed by atoms with Crippen molar-refractivity contribution in [3.05, 3.63) is 57.6 Å². The minimum atomic E-state index is 0.397. The van der Waals surface area contributed by atoms with Gasteiger partial charge >= 0.3 is 0 Å². The predicted octanol–water partition coefficient (Wildman–Crippen LogP) is 4.44. The van der Waals surface area contributed by atoms with Crippen LogP contribution in [-0.4, -0.2) is 4.99 Å². The van der Waals surface area contributed by atoms with E-state index in [-0.39, 0.29) is 0 Å². The Labute approximate surface area is 127 Å². The van der Waals surface area contributed by atoms with Gasteiger partial charge in [-0.1, -0.05) is 40.3 Å². The molecule has 98 valence electrons. The summed E-state index contributed by atoms with van der Waals surface area (Å²) in [5.41, 5.74) is 10.9. The Bertz CT molecular complexity index is 638. The van der Waals surface area contributed by atoms with Crippen molar-refractivity contribution in [1.82, 2.24) is 0 Å². The fourth-order valence-corrected chi connectivity index (χ4v) is 2.36. The van der Waals surface area contributed by atoms with Crippen molar-refractivity contribution in [2.75, 3.05) is 5.32 Å². The molecule has 0 saturated carbocycles. The summed E-state index contributed by atoms with van der Waals surface area (Å²) in [6, 6.07) is 12.1. The zero-order valence-corrected chi connectivity index (χ0v) is 13.2. The van der Waals surface area contributed by atoms with Crippen LogP contribution in [0.15, 0.2) is 40.9 Å². The second-order valence-electron chi connectivity index (χ2n) is 4.50. The van der Waals surface area contributed by atoms with E-state index < -0.39 is 0 Å². The molecule has 2 aromatic rings. The fourth-order valence-electron chi connectivity index (χ4n) is 1.80. The molecule has 0 radical (unpaired) electrons. The van der Waals surface area contributed by atoms with Crippen molar-refractivity contribution in [1.29, 1.82) is 0 Å². The number of aryl methyl sites for hydroxylation is 2. The number of nitrogens with two attached hydrogens (primary N) is 1. The molecule has 0 spiro atoms. The van der Waals surface area contributed by atoms with Gasteiger partial charge in [-0.25, -0.2) is 0 Å². The molecule has 0 amide bonds. The van der Waals surface area contributed by atoms with Crippen molar-refractivity contribution in [3.8, 4) is 0 Å². The van der Waals surface area contributed by atoms with E-state index in [1.165, 1.54) is 5.56 Å². The lowest BCUT2D eigenvalue weighted by Gasteiger charge is -2.13. The standard InChI is InChI=1S/C15H15BrN2S/c1-9-3-6-12(15(17)19)14(7-9)18-11-5-4-10(2)13(16)8-11/h3-8,18H,1-2H3,(H2,17,19). The number of halogens is 1. The second-order valence-corrected chi connectivity index (χ2v) is 5.80. The summed E-state index contributed by atoms with van der Waals surface area (Å²) in [4.78, 5) is 0.397. The van der Waals surface area contributed by atoms with E-state index in [1.54, 1.807) is 0 Å². The number of benzene rings is 2. The SMILES string of the molecule is Cc1ccc(C(N)=S)c(Nc2ccc(C)c(Br)c2)c1. The van der Waals surface area contributed by atoms with Crippen LogP contribution in [0, 0.1) is 13.8 Å². The van der Waals surface area contributed by atoms with Crippen LogP contribution >= 0.6 is 28.1 Å². The van der Waals surface area contributed by atoms with Crippen LogP contribution < -0.4 is 11.1 Å². The summed E-state index contributed by atoms with van der Waals surface area (Å²) in [6.07, 6.45) is 0. The molecule has 2 rings (SSSR count). The van der Waals surface area contributed by atoms with Crippen LogP contribution in [0.1, 0.15) is 16.7 Å². The molecule has 0 heterocycles. The van der Waals surface area contributed by atoms with E-state index in [1.807, 2.05) is 37.3 Å². The number of nitrogens with one attached hydrogen (secondary N) is 1. The maximum absolute atomic E-state index is 5.75. The number of anilines is 2. The van der Waals surface area contributed by atoms with Crippen molar-refractivity contribution >= 4 is 44.5 Å². The lowest BCUT2D eigenvalue weighted by Crippen LogP contribution is -2.12. The normalized spacial score (nSPS) is 10.3. The van der Waals surface area contributed by atoms with Crippen molar-refractivity contribution in [3.63, 3.8) is 0 Å². The molecule has 19 heavy (non-hydrogen) atoms. The average molecular weight is 335 g/mol. The molecule has 0 aromatic heterocycles. The summed E-state index contributed by atoms with van der Waals surface area (Å²) in [5.74, 6) is 0. The molecule has 4 heteroatoms. The highest BCUT2D eigenvalue weighted by Gasteiger charge is 2.06. The predicted molar refractivity (Wildman–Crippen MR) is 89.2 cm³/mol. The molecule has 2 aromatic carbocycles. The maximum Gasteiger partial charge on any atom is 0.106 e. The zero-order valence-electron chi connectivity index (χ0n) is 10.8. The molecule has 0 aliphatic rings. The summed E-state index contributed by atoms with van der Waals surface area (Å²) in [6.45, 7) is 4.10. The fraction of sp³-hybridized carbons (Fsp3) is 0.133. The minimum Gasteiger partial charge on any atom is -0.389 e. The van der Waals surface area contributed by atoms with Gasteiger partial charge in [-0.3, -0.25) is 0 Å². The monoisotopic (exact) mass is 334 g/mol. The van der Waals surface area contributed by atoms with E-state index in [0.717, 1.165) is 27.0 Å². The van der Waals surface area contributed by atoms with Gasteiger partial charge in [0.1, 0.15) is 4.99 Å². The van der Waals surface area contributed by atoms with E-state index in [4.69, 9.17) is 18.0 Å². The first-order valence-corrected chi connectivity index (χ1v) is 7.11. The first-order chi connectivity index (χ1) is 8.97. The van der Waals surface area contributed by atoms with Gasteiger partial charge in [-0.05, 0) is 49.2 Å². The molecule has 2 nitrogen and oxygen atoms in total. The molecule has 0 unspecified atom stereocenters. The van der Waals surface area contributed by atoms with E-state index in [2.05, 4.69) is 34.2 Å². The third kappa shape index (κ3) is 3.33. The summed E-state index contributed by atoms with van der Waals surface area (Å²) >= 11 is 8.61. The number of hydrogen-bond acceptors (Lipinski definition) is 2. The molecular weight excluding hydrogens is 320 g/mol. The Morgan fingerprint density at radius 2 is 1.89 bits per heavy atom. The molecule has 3 N–H and O–H groups in total. The molecular formula is C15H15BrN2S. The molecule has 0 aliphatic carbocycles. The van der Waals surface area contributed by atoms with Crippen molar-refractivity contribution < 1.29 is 0 Å². The van der Waals surface area contributed by atoms with E-state index >= 15 is 0 Å². The van der Waals surface area contributed by atoms with Crippen molar-refractivity contribution in [2.45, 2.75) is 13.8 Å². The van der Waals surface area contributed by atoms with Gasteiger partial charge in [0.25, 0.3) is 0 Å². The molecule has 0 aliphatic heterocycles. The quantitative estimate of drug-likeness (QED) is 0.814. The highest BCUT2D eigenvalue weighted by Crippen LogP contribution is 2.26. The number of thiocarbonyl (C=S) groups is 1. The highest BCUT2D eigenvalue weighted by atomic mass is 79.9. The largest absolute Gasteiger partial charge is 0.389 e. The van der Waals surface area contributed by atoms with Crippen LogP contribution in [0.3, 0.4) is 0 Å². The Balaban J connectivity index is 2.39. The smallest absolute Gasteiger partial charge is 0.106 e. The zero-order chi connectivity index (χ0) is 14.0. The average Bonchev–Trinajstić information content (AvgIpc) is 2.33. The van der Waals surface area contributed by atoms with Gasteiger partial charge in [-0.2, -0.15) is 0 Å². The Kier molecular flexibility index (Phi) is 4.22. The Morgan fingerprint density at radius 1 is 1.16 bits per heavy atom. The Hall–Kier alpha value is -1.39. The summed E-state index contributed by atoms with van der Waals surface area (Å²) < 4.78 is 1.07. The van der Waals surface area contributed by atoms with Crippen LogP contribution in [0.25, 0.3) is 0 Å². The molecule has 0 fully saturated rings. The number of rotatable bonds is 3. The van der Waals surface area contributed by atoms with E-state index in [0.29, 0.717) is 4.99 Å². The lowest BCUT2D eigenvalue weighted by molar-refractivity contribution is 1.40. The Morgan fingerprint density at radius 3 is 2.53 bits per heavy atom. The van der Waals surface area contributed by atoms with Crippen LogP contribution in [0.2, 0.25) is 0 Å².